The van der Waals surface area contributed by atoms with Crippen molar-refractivity contribution in [3.05, 3.63) is 24.3 Å². The lowest BCUT2D eigenvalue weighted by molar-refractivity contribution is -0.140. The molecule has 1 fully saturated rings. The van der Waals surface area contributed by atoms with Gasteiger partial charge in [0.15, 0.2) is 0 Å². The minimum Gasteiger partial charge on any atom is -0.464 e. The monoisotopic (exact) mass is 307 g/mol. The first-order valence-corrected chi connectivity index (χ1v) is 8.52. The number of allylic oxidation sites excluding steroid dienone is 3. The Morgan fingerprint density at radius 1 is 1.14 bits per heavy atom. The number of cyclic esters (lactones) is 1. The van der Waals surface area contributed by atoms with Gasteiger partial charge in [0.05, 0.1) is 6.61 Å². The third-order valence-corrected chi connectivity index (χ3v) is 3.65. The van der Waals surface area contributed by atoms with Crippen LogP contribution in [0.5, 0.6) is 0 Å². The van der Waals surface area contributed by atoms with Crippen molar-refractivity contribution < 1.29 is 14.3 Å². The second-order valence-corrected chi connectivity index (χ2v) is 5.67. The van der Waals surface area contributed by atoms with E-state index in [1.807, 2.05) is 6.08 Å². The van der Waals surface area contributed by atoms with Crippen LogP contribution >= 0.6 is 0 Å². The summed E-state index contributed by atoms with van der Waals surface area (Å²) in [7, 11) is 0. The molecule has 1 saturated heterocycles. The second-order valence-electron chi connectivity index (χ2n) is 5.67. The zero-order chi connectivity index (χ0) is 16.0. The molecule has 1 heterocycles. The summed E-state index contributed by atoms with van der Waals surface area (Å²) in [5.74, 6) is -0.535. The van der Waals surface area contributed by atoms with Crippen molar-refractivity contribution in [3.63, 3.8) is 0 Å². The van der Waals surface area contributed by atoms with Gasteiger partial charge < -0.3 is 10.1 Å². The summed E-state index contributed by atoms with van der Waals surface area (Å²) in [4.78, 5) is 22.8. The van der Waals surface area contributed by atoms with E-state index in [1.54, 1.807) is 0 Å². The van der Waals surface area contributed by atoms with Gasteiger partial charge in [0.2, 0.25) is 5.91 Å². The number of hydrogen-bond acceptors (Lipinski definition) is 3. The summed E-state index contributed by atoms with van der Waals surface area (Å²) >= 11 is 0. The first-order valence-electron chi connectivity index (χ1n) is 8.52. The fourth-order valence-corrected chi connectivity index (χ4v) is 2.31. The van der Waals surface area contributed by atoms with Crippen molar-refractivity contribution in [1.29, 1.82) is 0 Å². The smallest absolute Gasteiger partial charge is 0.328 e. The lowest BCUT2D eigenvalue weighted by Crippen LogP contribution is -2.36. The molecule has 1 unspecified atom stereocenters. The lowest BCUT2D eigenvalue weighted by Gasteiger charge is -2.05. The van der Waals surface area contributed by atoms with E-state index in [-0.39, 0.29) is 11.9 Å². The van der Waals surface area contributed by atoms with Gasteiger partial charge in [0, 0.05) is 6.42 Å². The largest absolute Gasteiger partial charge is 0.464 e. The molecule has 0 saturated carbocycles. The fraction of sp³-hybridized carbons (Fsp3) is 0.667. The number of carbonyl (C=O) groups is 2. The average molecular weight is 307 g/mol. The lowest BCUT2D eigenvalue weighted by atomic mass is 10.1. The van der Waals surface area contributed by atoms with Crippen molar-refractivity contribution in [1.82, 2.24) is 5.32 Å². The van der Waals surface area contributed by atoms with Crippen LogP contribution in [-0.2, 0) is 14.3 Å². The number of rotatable bonds is 11. The van der Waals surface area contributed by atoms with E-state index in [0.29, 0.717) is 13.0 Å². The topological polar surface area (TPSA) is 55.4 Å². The second kappa shape index (κ2) is 12.0. The summed E-state index contributed by atoms with van der Waals surface area (Å²) in [6, 6.07) is -0.463. The van der Waals surface area contributed by atoms with E-state index in [2.05, 4.69) is 24.4 Å². The van der Waals surface area contributed by atoms with Gasteiger partial charge in [-0.1, -0.05) is 38.0 Å². The highest BCUT2D eigenvalue weighted by Crippen LogP contribution is 2.06. The molecule has 0 bridgehead atoms. The van der Waals surface area contributed by atoms with E-state index in [0.717, 1.165) is 25.7 Å². The van der Waals surface area contributed by atoms with Gasteiger partial charge in [-0.05, 0) is 44.6 Å². The third-order valence-electron chi connectivity index (χ3n) is 3.65. The third kappa shape index (κ3) is 8.65. The van der Waals surface area contributed by atoms with Crippen molar-refractivity contribution >= 4 is 11.9 Å². The summed E-state index contributed by atoms with van der Waals surface area (Å²) in [5, 5.41) is 2.65. The van der Waals surface area contributed by atoms with Crippen LogP contribution < -0.4 is 5.32 Å². The molecule has 0 radical (unpaired) electrons. The summed E-state index contributed by atoms with van der Waals surface area (Å²) in [5.41, 5.74) is 0. The number of carbonyl (C=O) groups excluding carboxylic acids is 2. The van der Waals surface area contributed by atoms with Gasteiger partial charge in [-0.2, -0.15) is 0 Å². The first kappa shape index (κ1) is 18.5. The Bertz CT molecular complexity index is 388. The van der Waals surface area contributed by atoms with Crippen LogP contribution in [0.3, 0.4) is 0 Å². The Morgan fingerprint density at radius 2 is 1.77 bits per heavy atom. The van der Waals surface area contributed by atoms with E-state index in [1.165, 1.54) is 31.8 Å². The normalized spacial score (nSPS) is 18.2. The molecule has 4 nitrogen and oxygen atoms in total. The highest BCUT2D eigenvalue weighted by Gasteiger charge is 2.26. The van der Waals surface area contributed by atoms with Gasteiger partial charge in [0.25, 0.3) is 0 Å². The molecule has 1 rings (SSSR count). The molecule has 1 amide bonds. The molecule has 1 N–H and O–H groups in total. The van der Waals surface area contributed by atoms with Crippen LogP contribution in [0.4, 0.5) is 0 Å². The van der Waals surface area contributed by atoms with E-state index in [4.69, 9.17) is 4.74 Å². The van der Waals surface area contributed by atoms with Gasteiger partial charge in [-0.15, -0.1) is 0 Å². The molecule has 0 aromatic rings. The number of amides is 1. The van der Waals surface area contributed by atoms with Crippen LogP contribution in [0.2, 0.25) is 0 Å². The number of unbranched alkanes of at least 4 members (excludes halogenated alkanes) is 6. The highest BCUT2D eigenvalue weighted by molar-refractivity contribution is 5.91. The molecule has 124 valence electrons. The van der Waals surface area contributed by atoms with Crippen molar-refractivity contribution in [2.75, 3.05) is 6.61 Å². The Labute approximate surface area is 134 Å². The van der Waals surface area contributed by atoms with Crippen molar-refractivity contribution in [3.8, 4) is 0 Å². The minimum atomic E-state index is -0.463. The maximum absolute atomic E-state index is 11.6. The zero-order valence-electron chi connectivity index (χ0n) is 13.7. The zero-order valence-corrected chi connectivity index (χ0v) is 13.7. The quantitative estimate of drug-likeness (QED) is 0.274. The number of nitrogens with one attached hydrogen (secondary N) is 1. The molecule has 0 aliphatic carbocycles. The Hall–Kier alpha value is -1.58. The average Bonchev–Trinajstić information content (AvgIpc) is 2.90. The van der Waals surface area contributed by atoms with Crippen LogP contribution in [0.1, 0.15) is 64.7 Å². The van der Waals surface area contributed by atoms with Gasteiger partial charge in [0.1, 0.15) is 6.04 Å². The SMILES string of the molecule is CCCCC/C=C\CCCC/C=C\C(=O)NC1CCOC1=O. The van der Waals surface area contributed by atoms with Crippen LogP contribution in [0, 0.1) is 0 Å². The molecular formula is C18H29NO3. The molecule has 1 atom stereocenters. The van der Waals surface area contributed by atoms with Crippen molar-refractivity contribution in [2.45, 2.75) is 70.8 Å². The Kier molecular flexibility index (Phi) is 10.1. The van der Waals surface area contributed by atoms with Crippen LogP contribution in [0.15, 0.2) is 24.3 Å². The molecule has 0 spiro atoms. The molecule has 1 aliphatic heterocycles. The van der Waals surface area contributed by atoms with Crippen LogP contribution in [-0.4, -0.2) is 24.5 Å². The van der Waals surface area contributed by atoms with Gasteiger partial charge in [-0.3, -0.25) is 4.79 Å². The minimum absolute atomic E-state index is 0.209. The maximum atomic E-state index is 11.6. The predicted molar refractivity (Wildman–Crippen MR) is 88.4 cm³/mol. The predicted octanol–water partition coefficient (Wildman–Crippen LogP) is 3.67. The van der Waals surface area contributed by atoms with Gasteiger partial charge >= 0.3 is 5.97 Å². The number of hydrogen-bond donors (Lipinski definition) is 1. The molecule has 0 aromatic carbocycles. The molecule has 1 aliphatic rings. The Balaban J connectivity index is 1.97. The molecule has 4 heteroatoms. The fourth-order valence-electron chi connectivity index (χ4n) is 2.31. The standard InChI is InChI=1S/C18H29NO3/c1-2-3-4-5-6-7-8-9-10-11-12-13-17(20)19-16-14-15-22-18(16)21/h6-7,12-13,16H,2-5,8-11,14-15H2,1H3,(H,19,20)/b7-6-,13-12-. The van der Waals surface area contributed by atoms with Crippen molar-refractivity contribution in [2.24, 2.45) is 0 Å². The summed E-state index contributed by atoms with van der Waals surface area (Å²) in [6.45, 7) is 2.62. The number of ether oxygens (including phenoxy) is 1. The maximum Gasteiger partial charge on any atom is 0.328 e. The molecule has 22 heavy (non-hydrogen) atoms. The molecular weight excluding hydrogens is 278 g/mol. The molecule has 0 aromatic heterocycles. The first-order chi connectivity index (χ1) is 10.7. The van der Waals surface area contributed by atoms with Crippen LogP contribution in [0.25, 0.3) is 0 Å². The highest BCUT2D eigenvalue weighted by atomic mass is 16.5. The van der Waals surface area contributed by atoms with E-state index in [9.17, 15) is 9.59 Å². The van der Waals surface area contributed by atoms with Gasteiger partial charge in [-0.25, -0.2) is 4.79 Å². The van der Waals surface area contributed by atoms with E-state index >= 15 is 0 Å². The Morgan fingerprint density at radius 3 is 2.36 bits per heavy atom. The number of esters is 1. The van der Waals surface area contributed by atoms with E-state index < -0.39 is 6.04 Å². The summed E-state index contributed by atoms with van der Waals surface area (Å²) in [6.07, 6.45) is 17.8. The summed E-state index contributed by atoms with van der Waals surface area (Å²) < 4.78 is 4.79.